The van der Waals surface area contributed by atoms with Crippen molar-refractivity contribution < 1.29 is 18.7 Å². The Hall–Kier alpha value is -2.48. The average Bonchev–Trinajstić information content (AvgIpc) is 2.52. The van der Waals surface area contributed by atoms with Gasteiger partial charge < -0.3 is 15.2 Å². The second kappa shape index (κ2) is 6.56. The molecule has 0 bridgehead atoms. The van der Waals surface area contributed by atoms with Gasteiger partial charge in [0.2, 0.25) is 0 Å². The second-order valence-electron chi connectivity index (χ2n) is 6.25. The molecule has 1 aromatic heterocycles. The minimum absolute atomic E-state index is 0.00438. The van der Waals surface area contributed by atoms with E-state index >= 15 is 0 Å². The van der Waals surface area contributed by atoms with Gasteiger partial charge in [-0.15, -0.1) is 0 Å². The molecule has 0 amide bonds. The van der Waals surface area contributed by atoms with Gasteiger partial charge >= 0.3 is 5.97 Å². The number of nitrogens with two attached hydrogens (primary N) is 1. The number of carbonyl (C=O) groups excluding carboxylic acids is 1. The number of nitrogen functional groups attached to an aromatic ring is 1. The molecule has 0 fully saturated rings. The Bertz CT molecular complexity index is 791. The van der Waals surface area contributed by atoms with Crippen LogP contribution in [0.4, 0.5) is 10.2 Å². The highest BCUT2D eigenvalue weighted by molar-refractivity contribution is 6.88. The number of methoxy groups -OCH3 is 2. The number of benzene rings is 1. The minimum Gasteiger partial charge on any atom is -0.491 e. The lowest BCUT2D eigenvalue weighted by atomic mass is 10.2. The first-order chi connectivity index (χ1) is 11.2. The molecular formula is C16H20FN3O3Si. The summed E-state index contributed by atoms with van der Waals surface area (Å²) < 4.78 is 24.3. The number of anilines is 1. The van der Waals surface area contributed by atoms with Crippen LogP contribution in [0.15, 0.2) is 18.2 Å². The molecule has 0 atom stereocenters. The van der Waals surface area contributed by atoms with Crippen LogP contribution < -0.4 is 15.7 Å². The molecule has 0 aliphatic rings. The van der Waals surface area contributed by atoms with Crippen LogP contribution in [0.5, 0.6) is 5.75 Å². The van der Waals surface area contributed by atoms with E-state index in [0.717, 1.165) is 5.19 Å². The molecule has 128 valence electrons. The lowest BCUT2D eigenvalue weighted by molar-refractivity contribution is 0.0590. The molecule has 24 heavy (non-hydrogen) atoms. The van der Waals surface area contributed by atoms with E-state index in [2.05, 4.69) is 34.3 Å². The molecule has 1 aromatic carbocycles. The Labute approximate surface area is 140 Å². The fourth-order valence-electron chi connectivity index (χ4n) is 2.19. The molecule has 0 unspecified atom stereocenters. The SMILES string of the molecule is COC(=O)c1nc(-c2ccc([Si](C)(C)C)cc2F)nc(N)c1OC. The molecule has 8 heteroatoms. The Morgan fingerprint density at radius 1 is 1.21 bits per heavy atom. The van der Waals surface area contributed by atoms with Crippen molar-refractivity contribution in [3.63, 3.8) is 0 Å². The Morgan fingerprint density at radius 3 is 2.38 bits per heavy atom. The minimum atomic E-state index is -1.65. The number of hydrogen-bond acceptors (Lipinski definition) is 6. The molecule has 0 aliphatic carbocycles. The lowest BCUT2D eigenvalue weighted by Crippen LogP contribution is -2.37. The summed E-state index contributed by atoms with van der Waals surface area (Å²) in [5.41, 5.74) is 5.83. The van der Waals surface area contributed by atoms with Crippen molar-refractivity contribution in [2.75, 3.05) is 20.0 Å². The van der Waals surface area contributed by atoms with Crippen molar-refractivity contribution in [1.82, 2.24) is 9.97 Å². The van der Waals surface area contributed by atoms with E-state index in [1.54, 1.807) is 6.07 Å². The largest absolute Gasteiger partial charge is 0.491 e. The predicted octanol–water partition coefficient (Wildman–Crippen LogP) is 2.21. The molecule has 2 N–H and O–H groups in total. The van der Waals surface area contributed by atoms with Crippen LogP contribution in [0.3, 0.4) is 0 Å². The smallest absolute Gasteiger partial charge is 0.360 e. The summed E-state index contributed by atoms with van der Waals surface area (Å²) in [6.07, 6.45) is 0. The van der Waals surface area contributed by atoms with Gasteiger partial charge in [0.1, 0.15) is 5.82 Å². The van der Waals surface area contributed by atoms with E-state index in [1.165, 1.54) is 20.3 Å². The van der Waals surface area contributed by atoms with Crippen LogP contribution in [0.25, 0.3) is 11.4 Å². The van der Waals surface area contributed by atoms with Crippen molar-refractivity contribution in [2.24, 2.45) is 0 Å². The zero-order chi connectivity index (χ0) is 18.1. The van der Waals surface area contributed by atoms with Gasteiger partial charge in [-0.25, -0.2) is 19.2 Å². The monoisotopic (exact) mass is 349 g/mol. The third-order valence-electron chi connectivity index (χ3n) is 3.55. The fourth-order valence-corrected chi connectivity index (χ4v) is 3.33. The van der Waals surface area contributed by atoms with E-state index in [1.807, 2.05) is 6.07 Å². The van der Waals surface area contributed by atoms with Gasteiger partial charge in [0.15, 0.2) is 23.1 Å². The number of esters is 1. The van der Waals surface area contributed by atoms with E-state index in [0.29, 0.717) is 0 Å². The molecule has 2 aromatic rings. The highest BCUT2D eigenvalue weighted by Gasteiger charge is 2.23. The number of halogens is 1. The molecule has 0 saturated heterocycles. The van der Waals surface area contributed by atoms with Crippen molar-refractivity contribution >= 4 is 25.0 Å². The molecule has 1 heterocycles. The van der Waals surface area contributed by atoms with Crippen molar-refractivity contribution in [2.45, 2.75) is 19.6 Å². The summed E-state index contributed by atoms with van der Waals surface area (Å²) in [5.74, 6) is -1.24. The Kier molecular flexibility index (Phi) is 4.88. The first-order valence-electron chi connectivity index (χ1n) is 7.29. The molecule has 0 saturated carbocycles. The number of rotatable bonds is 4. The summed E-state index contributed by atoms with van der Waals surface area (Å²) in [4.78, 5) is 20.0. The number of carbonyl (C=O) groups is 1. The van der Waals surface area contributed by atoms with Crippen LogP contribution >= 0.6 is 0 Å². The standard InChI is InChI=1S/C16H20FN3O3Si/c1-22-13-12(16(21)23-2)19-15(20-14(13)18)10-7-6-9(8-11(10)17)24(3,4)5/h6-8H,1-5H3,(H2,18,19,20). The van der Waals surface area contributed by atoms with Crippen LogP contribution in [0.2, 0.25) is 19.6 Å². The Balaban J connectivity index is 2.61. The third-order valence-corrected chi connectivity index (χ3v) is 5.59. The molecule has 0 aliphatic heterocycles. The van der Waals surface area contributed by atoms with E-state index in [9.17, 15) is 9.18 Å². The van der Waals surface area contributed by atoms with E-state index < -0.39 is 19.9 Å². The maximum absolute atomic E-state index is 14.5. The quantitative estimate of drug-likeness (QED) is 0.673. The van der Waals surface area contributed by atoms with Gasteiger partial charge in [0.05, 0.1) is 27.9 Å². The van der Waals surface area contributed by atoms with Gasteiger partial charge in [-0.3, -0.25) is 0 Å². The predicted molar refractivity (Wildman–Crippen MR) is 92.7 cm³/mol. The van der Waals surface area contributed by atoms with E-state index in [4.69, 9.17) is 10.5 Å². The van der Waals surface area contributed by atoms with Crippen LogP contribution in [-0.4, -0.2) is 38.2 Å². The number of aromatic nitrogens is 2. The fraction of sp³-hybridized carbons (Fsp3) is 0.312. The van der Waals surface area contributed by atoms with E-state index in [-0.39, 0.29) is 28.6 Å². The molecule has 6 nitrogen and oxygen atoms in total. The van der Waals surface area contributed by atoms with Crippen LogP contribution in [0.1, 0.15) is 10.5 Å². The Morgan fingerprint density at radius 2 is 1.88 bits per heavy atom. The van der Waals surface area contributed by atoms with Gasteiger partial charge in [-0.05, 0) is 12.1 Å². The number of ether oxygens (including phenoxy) is 2. The van der Waals surface area contributed by atoms with Crippen LogP contribution in [0, 0.1) is 5.82 Å². The van der Waals surface area contributed by atoms with Gasteiger partial charge in [0.25, 0.3) is 0 Å². The summed E-state index contributed by atoms with van der Waals surface area (Å²) in [5, 5.41) is 0.971. The van der Waals surface area contributed by atoms with Crippen LogP contribution in [-0.2, 0) is 4.74 Å². The van der Waals surface area contributed by atoms with Gasteiger partial charge in [0, 0.05) is 0 Å². The van der Waals surface area contributed by atoms with Gasteiger partial charge in [-0.2, -0.15) is 0 Å². The highest BCUT2D eigenvalue weighted by Crippen LogP contribution is 2.28. The highest BCUT2D eigenvalue weighted by atomic mass is 28.3. The maximum Gasteiger partial charge on any atom is 0.360 e. The average molecular weight is 349 g/mol. The third kappa shape index (κ3) is 3.38. The molecule has 2 rings (SSSR count). The normalized spacial score (nSPS) is 11.2. The topological polar surface area (TPSA) is 87.3 Å². The first kappa shape index (κ1) is 17.9. The zero-order valence-electron chi connectivity index (χ0n) is 14.3. The lowest BCUT2D eigenvalue weighted by Gasteiger charge is -2.17. The van der Waals surface area contributed by atoms with Crippen molar-refractivity contribution in [1.29, 1.82) is 0 Å². The first-order valence-corrected chi connectivity index (χ1v) is 10.8. The summed E-state index contributed by atoms with van der Waals surface area (Å²) in [7, 11) is 0.901. The number of nitrogens with zero attached hydrogens (tertiary/aromatic N) is 2. The summed E-state index contributed by atoms with van der Waals surface area (Å²) >= 11 is 0. The maximum atomic E-state index is 14.5. The summed E-state index contributed by atoms with van der Waals surface area (Å²) in [6, 6.07) is 4.95. The van der Waals surface area contributed by atoms with Crippen molar-refractivity contribution in [3.05, 3.63) is 29.7 Å². The second-order valence-corrected chi connectivity index (χ2v) is 11.3. The number of hydrogen-bond donors (Lipinski definition) is 1. The van der Waals surface area contributed by atoms with Gasteiger partial charge in [-0.1, -0.05) is 30.9 Å². The molecule has 0 radical (unpaired) electrons. The zero-order valence-corrected chi connectivity index (χ0v) is 15.3. The molecular weight excluding hydrogens is 329 g/mol. The summed E-state index contributed by atoms with van der Waals surface area (Å²) in [6.45, 7) is 6.37. The van der Waals surface area contributed by atoms with Crippen molar-refractivity contribution in [3.8, 4) is 17.1 Å². The molecule has 0 spiro atoms.